The molecular weight excluding hydrogens is 170 g/mol. The predicted molar refractivity (Wildman–Crippen MR) is 61.2 cm³/mol. The molecule has 0 radical (unpaired) electrons. The number of benzene rings is 1. The van der Waals surface area contributed by atoms with Crippen molar-refractivity contribution in [2.75, 3.05) is 0 Å². The molecule has 0 saturated carbocycles. The van der Waals surface area contributed by atoms with Crippen LogP contribution in [0.3, 0.4) is 0 Å². The molecule has 0 N–H and O–H groups in total. The van der Waals surface area contributed by atoms with Gasteiger partial charge in [0.1, 0.15) is 0 Å². The second-order valence-corrected chi connectivity index (χ2v) is 3.47. The van der Waals surface area contributed by atoms with Crippen molar-refractivity contribution >= 4 is 11.9 Å². The monoisotopic (exact) mass is 183 g/mol. The molecule has 2 rings (SSSR count). The first-order chi connectivity index (χ1) is 6.84. The molecule has 1 aromatic carbocycles. The Hall–Kier alpha value is -1.63. The summed E-state index contributed by atoms with van der Waals surface area (Å²) in [7, 11) is 0. The summed E-state index contributed by atoms with van der Waals surface area (Å²) in [6.07, 6.45) is 9.24. The number of allylic oxidation sites excluding steroid dienone is 4. The van der Waals surface area contributed by atoms with Gasteiger partial charge in [-0.15, -0.1) is 0 Å². The first-order valence-corrected chi connectivity index (χ1v) is 4.81. The highest BCUT2D eigenvalue weighted by molar-refractivity contribution is 5.82. The Balaban J connectivity index is 2.07. The van der Waals surface area contributed by atoms with Crippen LogP contribution in [0, 0.1) is 6.92 Å². The number of rotatable bonds is 2. The summed E-state index contributed by atoms with van der Waals surface area (Å²) in [6, 6.07) is 8.23. The molecule has 1 nitrogen and oxygen atoms in total. The molecule has 1 aliphatic carbocycles. The Bertz CT molecular complexity index is 394. The van der Waals surface area contributed by atoms with Crippen molar-refractivity contribution in [1.82, 2.24) is 0 Å². The van der Waals surface area contributed by atoms with Gasteiger partial charge in [0.2, 0.25) is 0 Å². The lowest BCUT2D eigenvalue weighted by atomic mass is 10.2. The van der Waals surface area contributed by atoms with Crippen molar-refractivity contribution in [2.24, 2.45) is 4.99 Å². The van der Waals surface area contributed by atoms with Gasteiger partial charge in [-0.25, -0.2) is 0 Å². The molecule has 1 heteroatoms. The Morgan fingerprint density at radius 2 is 2.00 bits per heavy atom. The van der Waals surface area contributed by atoms with Gasteiger partial charge in [0.15, 0.2) is 0 Å². The van der Waals surface area contributed by atoms with E-state index in [1.165, 1.54) is 11.1 Å². The summed E-state index contributed by atoms with van der Waals surface area (Å²) in [6.45, 7) is 2.08. The zero-order valence-electron chi connectivity index (χ0n) is 8.27. The molecule has 1 aliphatic rings. The molecule has 0 unspecified atom stereocenters. The molecule has 70 valence electrons. The number of hydrogen-bond donors (Lipinski definition) is 0. The van der Waals surface area contributed by atoms with Gasteiger partial charge in [-0.05, 0) is 31.1 Å². The minimum absolute atomic E-state index is 1.01. The van der Waals surface area contributed by atoms with Crippen LogP contribution in [-0.2, 0) is 0 Å². The summed E-state index contributed by atoms with van der Waals surface area (Å²) >= 11 is 0. The minimum atomic E-state index is 1.01. The maximum atomic E-state index is 4.40. The fraction of sp³-hybridized carbons (Fsp3) is 0.154. The molecule has 0 bridgehead atoms. The van der Waals surface area contributed by atoms with Crippen LogP contribution in [0.5, 0.6) is 0 Å². The van der Waals surface area contributed by atoms with Gasteiger partial charge >= 0.3 is 0 Å². The Morgan fingerprint density at radius 1 is 1.21 bits per heavy atom. The Kier molecular flexibility index (Phi) is 2.59. The van der Waals surface area contributed by atoms with Crippen molar-refractivity contribution < 1.29 is 0 Å². The van der Waals surface area contributed by atoms with Crippen LogP contribution in [0.4, 0.5) is 5.69 Å². The SMILES string of the molecule is Cc1ccc(N=CC2=CC=CC2)cc1. The predicted octanol–water partition coefficient (Wildman–Crippen LogP) is 3.58. The summed E-state index contributed by atoms with van der Waals surface area (Å²) < 4.78 is 0. The molecule has 0 amide bonds. The Labute approximate surface area is 84.5 Å². The van der Waals surface area contributed by atoms with Crippen molar-refractivity contribution in [3.05, 3.63) is 53.6 Å². The van der Waals surface area contributed by atoms with E-state index in [1.54, 1.807) is 0 Å². The smallest absolute Gasteiger partial charge is 0.0629 e. The van der Waals surface area contributed by atoms with Gasteiger partial charge in [-0.2, -0.15) is 0 Å². The standard InChI is InChI=1S/C13H13N/c1-11-6-8-13(9-7-11)14-10-12-4-2-3-5-12/h2-4,6-10H,5H2,1H3. The first kappa shape index (κ1) is 8.95. The Morgan fingerprint density at radius 3 is 2.64 bits per heavy atom. The largest absolute Gasteiger partial charge is 0.257 e. The summed E-state index contributed by atoms with van der Waals surface area (Å²) in [5, 5.41) is 0. The molecule has 1 aromatic rings. The fourth-order valence-corrected chi connectivity index (χ4v) is 1.35. The van der Waals surface area contributed by atoms with Gasteiger partial charge in [-0.3, -0.25) is 4.99 Å². The zero-order chi connectivity index (χ0) is 9.80. The van der Waals surface area contributed by atoms with E-state index in [0.717, 1.165) is 12.1 Å². The first-order valence-electron chi connectivity index (χ1n) is 4.81. The molecule has 0 saturated heterocycles. The maximum absolute atomic E-state index is 4.40. The number of aryl methyl sites for hydroxylation is 1. The minimum Gasteiger partial charge on any atom is -0.257 e. The quantitative estimate of drug-likeness (QED) is 0.621. The molecule has 0 aliphatic heterocycles. The lowest BCUT2D eigenvalue weighted by Crippen LogP contribution is -1.78. The molecule has 0 aromatic heterocycles. The van der Waals surface area contributed by atoms with Crippen LogP contribution < -0.4 is 0 Å². The van der Waals surface area contributed by atoms with Crippen LogP contribution in [0.25, 0.3) is 0 Å². The zero-order valence-corrected chi connectivity index (χ0v) is 8.27. The highest BCUT2D eigenvalue weighted by Crippen LogP contribution is 2.14. The van der Waals surface area contributed by atoms with Gasteiger partial charge in [-0.1, -0.05) is 35.9 Å². The van der Waals surface area contributed by atoms with Crippen LogP contribution in [-0.4, -0.2) is 6.21 Å². The molecule has 0 spiro atoms. The lowest BCUT2D eigenvalue weighted by Gasteiger charge is -1.94. The van der Waals surface area contributed by atoms with E-state index in [2.05, 4.69) is 42.3 Å². The number of aliphatic imine (C=N–C) groups is 1. The molecular formula is C13H13N. The average Bonchev–Trinajstić information content (AvgIpc) is 2.70. The van der Waals surface area contributed by atoms with Gasteiger partial charge in [0.25, 0.3) is 0 Å². The van der Waals surface area contributed by atoms with Gasteiger partial charge < -0.3 is 0 Å². The lowest BCUT2D eigenvalue weighted by molar-refractivity contribution is 1.37. The van der Waals surface area contributed by atoms with E-state index in [1.807, 2.05) is 18.3 Å². The molecule has 14 heavy (non-hydrogen) atoms. The molecule has 0 fully saturated rings. The van der Waals surface area contributed by atoms with Gasteiger partial charge in [0, 0.05) is 6.21 Å². The molecule has 0 heterocycles. The van der Waals surface area contributed by atoms with Crippen molar-refractivity contribution in [3.8, 4) is 0 Å². The topological polar surface area (TPSA) is 12.4 Å². The second-order valence-electron chi connectivity index (χ2n) is 3.47. The number of hydrogen-bond acceptors (Lipinski definition) is 1. The van der Waals surface area contributed by atoms with Crippen LogP contribution in [0.2, 0.25) is 0 Å². The fourth-order valence-electron chi connectivity index (χ4n) is 1.35. The number of nitrogens with zero attached hydrogens (tertiary/aromatic N) is 1. The van der Waals surface area contributed by atoms with Crippen molar-refractivity contribution in [1.29, 1.82) is 0 Å². The second kappa shape index (κ2) is 4.05. The highest BCUT2D eigenvalue weighted by atomic mass is 14.7. The van der Waals surface area contributed by atoms with Crippen LogP contribution in [0.15, 0.2) is 53.1 Å². The third-order valence-electron chi connectivity index (χ3n) is 2.21. The third-order valence-corrected chi connectivity index (χ3v) is 2.21. The van der Waals surface area contributed by atoms with E-state index in [0.29, 0.717) is 0 Å². The van der Waals surface area contributed by atoms with E-state index < -0.39 is 0 Å². The van der Waals surface area contributed by atoms with E-state index in [4.69, 9.17) is 0 Å². The van der Waals surface area contributed by atoms with Crippen molar-refractivity contribution in [2.45, 2.75) is 13.3 Å². The normalized spacial score (nSPS) is 15.1. The van der Waals surface area contributed by atoms with E-state index in [-0.39, 0.29) is 0 Å². The maximum Gasteiger partial charge on any atom is 0.0629 e. The molecule has 0 atom stereocenters. The third kappa shape index (κ3) is 2.19. The summed E-state index contributed by atoms with van der Waals surface area (Å²) in [5.74, 6) is 0. The van der Waals surface area contributed by atoms with E-state index in [9.17, 15) is 0 Å². The summed E-state index contributed by atoms with van der Waals surface area (Å²) in [5.41, 5.74) is 3.56. The summed E-state index contributed by atoms with van der Waals surface area (Å²) in [4.78, 5) is 4.40. The van der Waals surface area contributed by atoms with Crippen molar-refractivity contribution in [3.63, 3.8) is 0 Å². The van der Waals surface area contributed by atoms with Crippen LogP contribution in [0.1, 0.15) is 12.0 Å². The highest BCUT2D eigenvalue weighted by Gasteiger charge is 1.94. The average molecular weight is 183 g/mol. The van der Waals surface area contributed by atoms with E-state index >= 15 is 0 Å². The van der Waals surface area contributed by atoms with Gasteiger partial charge in [0.05, 0.1) is 5.69 Å². The van der Waals surface area contributed by atoms with Crippen LogP contribution >= 0.6 is 0 Å².